The molecule has 0 atom stereocenters. The number of aromatic nitrogens is 2. The molecule has 106 valence electrons. The summed E-state index contributed by atoms with van der Waals surface area (Å²) >= 11 is 0. The van der Waals surface area contributed by atoms with Crippen LogP contribution in [0.5, 0.6) is 0 Å². The third-order valence-corrected chi connectivity index (χ3v) is 3.57. The Hall–Kier alpha value is -1.72. The minimum Gasteiger partial charge on any atom is -0.379 e. The molecule has 20 heavy (non-hydrogen) atoms. The molecule has 0 aliphatic carbocycles. The second kappa shape index (κ2) is 6.15. The second-order valence-electron chi connectivity index (χ2n) is 5.03. The maximum absolute atomic E-state index is 5.35. The van der Waals surface area contributed by atoms with Crippen LogP contribution in [0, 0.1) is 6.92 Å². The first-order valence-electron chi connectivity index (χ1n) is 7.10. The number of morpholine rings is 1. The van der Waals surface area contributed by atoms with Gasteiger partial charge in [0.1, 0.15) is 5.82 Å². The SMILES string of the molecule is Cc1nc2ccccc2nc1NCCN1CCOCC1. The smallest absolute Gasteiger partial charge is 0.148 e. The number of benzene rings is 1. The van der Waals surface area contributed by atoms with E-state index in [-0.39, 0.29) is 0 Å². The Morgan fingerprint density at radius 1 is 1.15 bits per heavy atom. The number of rotatable bonds is 4. The summed E-state index contributed by atoms with van der Waals surface area (Å²) in [5, 5.41) is 3.40. The van der Waals surface area contributed by atoms with Crippen LogP contribution in [-0.2, 0) is 4.74 Å². The van der Waals surface area contributed by atoms with Gasteiger partial charge in [-0.05, 0) is 19.1 Å². The molecule has 1 fully saturated rings. The normalized spacial score (nSPS) is 16.4. The van der Waals surface area contributed by atoms with E-state index in [1.807, 2.05) is 31.2 Å². The van der Waals surface area contributed by atoms with Crippen molar-refractivity contribution >= 4 is 16.9 Å². The van der Waals surface area contributed by atoms with Crippen LogP contribution >= 0.6 is 0 Å². The van der Waals surface area contributed by atoms with Crippen molar-refractivity contribution in [2.45, 2.75) is 6.92 Å². The predicted molar refractivity (Wildman–Crippen MR) is 80.0 cm³/mol. The zero-order chi connectivity index (χ0) is 13.8. The fourth-order valence-electron chi connectivity index (χ4n) is 2.41. The van der Waals surface area contributed by atoms with Crippen LogP contribution in [0.25, 0.3) is 11.0 Å². The van der Waals surface area contributed by atoms with Gasteiger partial charge in [-0.3, -0.25) is 4.90 Å². The van der Waals surface area contributed by atoms with Gasteiger partial charge in [0.25, 0.3) is 0 Å². The van der Waals surface area contributed by atoms with Gasteiger partial charge in [0.05, 0.1) is 29.9 Å². The summed E-state index contributed by atoms with van der Waals surface area (Å²) in [7, 11) is 0. The molecule has 0 amide bonds. The molecule has 1 saturated heterocycles. The van der Waals surface area contributed by atoms with Crippen molar-refractivity contribution in [2.24, 2.45) is 0 Å². The van der Waals surface area contributed by atoms with E-state index < -0.39 is 0 Å². The van der Waals surface area contributed by atoms with Crippen molar-refractivity contribution in [2.75, 3.05) is 44.7 Å². The van der Waals surface area contributed by atoms with Gasteiger partial charge < -0.3 is 10.1 Å². The molecule has 2 aromatic rings. The van der Waals surface area contributed by atoms with Crippen molar-refractivity contribution in [1.29, 1.82) is 0 Å². The molecule has 1 aromatic heterocycles. The number of anilines is 1. The third kappa shape index (κ3) is 3.05. The average molecular weight is 272 g/mol. The van der Waals surface area contributed by atoms with Gasteiger partial charge in [-0.25, -0.2) is 9.97 Å². The molecule has 5 nitrogen and oxygen atoms in total. The Morgan fingerprint density at radius 2 is 1.85 bits per heavy atom. The zero-order valence-electron chi connectivity index (χ0n) is 11.8. The highest BCUT2D eigenvalue weighted by atomic mass is 16.5. The Bertz CT molecular complexity index is 581. The van der Waals surface area contributed by atoms with Gasteiger partial charge in [-0.15, -0.1) is 0 Å². The lowest BCUT2D eigenvalue weighted by atomic mass is 10.3. The zero-order valence-corrected chi connectivity index (χ0v) is 11.8. The maximum atomic E-state index is 5.35. The molecule has 1 aliphatic heterocycles. The van der Waals surface area contributed by atoms with Crippen molar-refractivity contribution < 1.29 is 4.74 Å². The van der Waals surface area contributed by atoms with Crippen LogP contribution in [0.4, 0.5) is 5.82 Å². The largest absolute Gasteiger partial charge is 0.379 e. The van der Waals surface area contributed by atoms with Crippen molar-refractivity contribution in [3.63, 3.8) is 0 Å². The fraction of sp³-hybridized carbons (Fsp3) is 0.467. The minimum atomic E-state index is 0.842. The van der Waals surface area contributed by atoms with Crippen molar-refractivity contribution in [3.8, 4) is 0 Å². The minimum absolute atomic E-state index is 0.842. The van der Waals surface area contributed by atoms with Crippen LogP contribution in [0.15, 0.2) is 24.3 Å². The fourth-order valence-corrected chi connectivity index (χ4v) is 2.41. The van der Waals surface area contributed by atoms with Gasteiger partial charge >= 0.3 is 0 Å². The Kier molecular flexibility index (Phi) is 4.08. The van der Waals surface area contributed by atoms with Crippen LogP contribution in [-0.4, -0.2) is 54.3 Å². The van der Waals surface area contributed by atoms with Gasteiger partial charge in [-0.2, -0.15) is 0 Å². The summed E-state index contributed by atoms with van der Waals surface area (Å²) in [6.07, 6.45) is 0. The topological polar surface area (TPSA) is 50.3 Å². The van der Waals surface area contributed by atoms with E-state index in [0.29, 0.717) is 0 Å². The first-order valence-corrected chi connectivity index (χ1v) is 7.10. The molecule has 5 heteroatoms. The van der Waals surface area contributed by atoms with Gasteiger partial charge in [-0.1, -0.05) is 12.1 Å². The maximum Gasteiger partial charge on any atom is 0.148 e. The molecule has 3 rings (SSSR count). The predicted octanol–water partition coefficient (Wildman–Crippen LogP) is 1.68. The summed E-state index contributed by atoms with van der Waals surface area (Å²) in [4.78, 5) is 11.6. The molecule has 0 bridgehead atoms. The van der Waals surface area contributed by atoms with Crippen LogP contribution < -0.4 is 5.32 Å². The lowest BCUT2D eigenvalue weighted by Crippen LogP contribution is -2.39. The molecule has 0 saturated carbocycles. The lowest BCUT2D eigenvalue weighted by Gasteiger charge is -2.26. The molecule has 0 radical (unpaired) electrons. The summed E-state index contributed by atoms with van der Waals surface area (Å²) in [5.41, 5.74) is 2.83. The lowest BCUT2D eigenvalue weighted by molar-refractivity contribution is 0.0398. The van der Waals surface area contributed by atoms with Gasteiger partial charge in [0, 0.05) is 26.2 Å². The summed E-state index contributed by atoms with van der Waals surface area (Å²) in [5.74, 6) is 0.886. The van der Waals surface area contributed by atoms with E-state index in [1.54, 1.807) is 0 Å². The second-order valence-corrected chi connectivity index (χ2v) is 5.03. The van der Waals surface area contributed by atoms with Crippen molar-refractivity contribution in [1.82, 2.24) is 14.9 Å². The van der Waals surface area contributed by atoms with Gasteiger partial charge in [0.2, 0.25) is 0 Å². The third-order valence-electron chi connectivity index (χ3n) is 3.57. The molecule has 2 heterocycles. The molecule has 1 aromatic carbocycles. The molecule has 1 N–H and O–H groups in total. The van der Waals surface area contributed by atoms with Crippen molar-refractivity contribution in [3.05, 3.63) is 30.0 Å². The van der Waals surface area contributed by atoms with E-state index in [0.717, 1.165) is 61.9 Å². The number of ether oxygens (including phenoxy) is 1. The van der Waals surface area contributed by atoms with E-state index in [9.17, 15) is 0 Å². The van der Waals surface area contributed by atoms with E-state index in [1.165, 1.54) is 0 Å². The Labute approximate surface area is 119 Å². The number of para-hydroxylation sites is 2. The number of hydrogen-bond acceptors (Lipinski definition) is 5. The number of aryl methyl sites for hydroxylation is 1. The number of fused-ring (bicyclic) bond motifs is 1. The van der Waals surface area contributed by atoms with Crippen LogP contribution in [0.2, 0.25) is 0 Å². The standard InChI is InChI=1S/C15H20N4O/c1-12-15(16-6-7-19-8-10-20-11-9-19)18-14-5-3-2-4-13(14)17-12/h2-5H,6-11H2,1H3,(H,16,18). The Morgan fingerprint density at radius 3 is 2.60 bits per heavy atom. The molecular weight excluding hydrogens is 252 g/mol. The van der Waals surface area contributed by atoms with Gasteiger partial charge in [0.15, 0.2) is 0 Å². The van der Waals surface area contributed by atoms with E-state index in [4.69, 9.17) is 4.74 Å². The van der Waals surface area contributed by atoms with E-state index >= 15 is 0 Å². The monoisotopic (exact) mass is 272 g/mol. The molecule has 1 aliphatic rings. The van der Waals surface area contributed by atoms with Crippen LogP contribution in [0.1, 0.15) is 5.69 Å². The first kappa shape index (κ1) is 13.3. The quantitative estimate of drug-likeness (QED) is 0.917. The summed E-state index contributed by atoms with van der Waals surface area (Å²) in [6.45, 7) is 7.61. The summed E-state index contributed by atoms with van der Waals surface area (Å²) in [6, 6.07) is 7.97. The first-order chi connectivity index (χ1) is 9.83. The highest BCUT2D eigenvalue weighted by molar-refractivity contribution is 5.76. The number of hydrogen-bond donors (Lipinski definition) is 1. The van der Waals surface area contributed by atoms with E-state index in [2.05, 4.69) is 20.2 Å². The van der Waals surface area contributed by atoms with Crippen LogP contribution in [0.3, 0.4) is 0 Å². The number of nitrogens with zero attached hydrogens (tertiary/aromatic N) is 3. The highest BCUT2D eigenvalue weighted by Crippen LogP contribution is 2.15. The summed E-state index contributed by atoms with van der Waals surface area (Å²) < 4.78 is 5.35. The molecular formula is C15H20N4O. The highest BCUT2D eigenvalue weighted by Gasteiger charge is 2.10. The number of nitrogens with one attached hydrogen (secondary N) is 1. The Balaban J connectivity index is 1.63. The molecule has 0 spiro atoms. The molecule has 0 unspecified atom stereocenters. The average Bonchev–Trinajstić information content (AvgIpc) is 2.49.